The molecule has 2 rings (SSSR count). The van der Waals surface area contributed by atoms with Crippen molar-refractivity contribution in [2.75, 3.05) is 0 Å². The van der Waals surface area contributed by atoms with Crippen molar-refractivity contribution in [1.82, 2.24) is 15.2 Å². The second kappa shape index (κ2) is 7.20. The average Bonchev–Trinajstić information content (AvgIpc) is 2.47. The van der Waals surface area contributed by atoms with Crippen LogP contribution in [0.2, 0.25) is 0 Å². The molecule has 1 N–H and O–H groups in total. The van der Waals surface area contributed by atoms with Gasteiger partial charge in [0, 0.05) is 12.4 Å². The number of pyridine rings is 1. The van der Waals surface area contributed by atoms with Crippen LogP contribution in [-0.4, -0.2) is 26.6 Å². The number of unbranched alkanes of at least 4 members (excludes halogenated alkanes) is 1. The Bertz CT molecular complexity index is 511. The summed E-state index contributed by atoms with van der Waals surface area (Å²) in [6.07, 6.45) is 9.07. The van der Waals surface area contributed by atoms with Crippen molar-refractivity contribution in [3.63, 3.8) is 0 Å². The van der Waals surface area contributed by atoms with Crippen LogP contribution in [-0.2, 0) is 12.8 Å². The van der Waals surface area contributed by atoms with Gasteiger partial charge in [-0.25, -0.2) is 0 Å². The number of hydrogen-bond acceptors (Lipinski definition) is 5. The highest BCUT2D eigenvalue weighted by atomic mass is 16.4. The quantitative estimate of drug-likeness (QED) is 0.372. The second-order valence-electron chi connectivity index (χ2n) is 4.26. The van der Waals surface area contributed by atoms with Gasteiger partial charge in [0.25, 0.3) is 0 Å². The van der Waals surface area contributed by atoms with Crippen molar-refractivity contribution in [1.29, 1.82) is 0 Å². The molecule has 2 heterocycles. The van der Waals surface area contributed by atoms with Crippen LogP contribution < -0.4 is 0 Å². The summed E-state index contributed by atoms with van der Waals surface area (Å²) in [5.74, 6) is 0. The Hall–Kier alpha value is -2.30. The molecule has 0 fully saturated rings. The molecule has 19 heavy (non-hydrogen) atoms. The third-order valence-electron chi connectivity index (χ3n) is 2.80. The van der Waals surface area contributed by atoms with Crippen molar-refractivity contribution in [2.45, 2.75) is 25.7 Å². The van der Waals surface area contributed by atoms with E-state index in [1.807, 2.05) is 18.3 Å². The number of rotatable bonds is 6. The van der Waals surface area contributed by atoms with Crippen LogP contribution in [0.5, 0.6) is 0 Å². The highest BCUT2D eigenvalue weighted by molar-refractivity contribution is 5.75. The first-order chi connectivity index (χ1) is 9.38. The van der Waals surface area contributed by atoms with Crippen LogP contribution in [0.4, 0.5) is 0 Å². The maximum atomic E-state index is 8.37. The minimum absolute atomic E-state index is 0.557. The molecule has 2 aromatic rings. The topological polar surface area (TPSA) is 71.3 Å². The third-order valence-corrected chi connectivity index (χ3v) is 2.80. The lowest BCUT2D eigenvalue weighted by Gasteiger charge is -2.01. The molecule has 0 spiro atoms. The van der Waals surface area contributed by atoms with Gasteiger partial charge in [0.15, 0.2) is 0 Å². The average molecular weight is 256 g/mol. The molecule has 0 aliphatic rings. The van der Waals surface area contributed by atoms with Gasteiger partial charge < -0.3 is 5.21 Å². The number of nitrogens with zero attached hydrogens (tertiary/aromatic N) is 4. The lowest BCUT2D eigenvalue weighted by Crippen LogP contribution is -1.97. The van der Waals surface area contributed by atoms with Gasteiger partial charge in [-0.15, -0.1) is 5.10 Å². The fourth-order valence-corrected chi connectivity index (χ4v) is 1.81. The summed E-state index contributed by atoms with van der Waals surface area (Å²) in [7, 11) is 0. The van der Waals surface area contributed by atoms with E-state index in [4.69, 9.17) is 5.21 Å². The van der Waals surface area contributed by atoms with E-state index in [2.05, 4.69) is 26.4 Å². The Morgan fingerprint density at radius 2 is 2.00 bits per heavy atom. The van der Waals surface area contributed by atoms with Crippen molar-refractivity contribution in [3.8, 4) is 0 Å². The lowest BCUT2D eigenvalue weighted by molar-refractivity contribution is 0.321. The summed E-state index contributed by atoms with van der Waals surface area (Å²) in [4.78, 5) is 4.09. The molecule has 0 bridgehead atoms. The van der Waals surface area contributed by atoms with Gasteiger partial charge in [-0.1, -0.05) is 11.2 Å². The first kappa shape index (κ1) is 13.1. The predicted molar refractivity (Wildman–Crippen MR) is 72.3 cm³/mol. The van der Waals surface area contributed by atoms with Gasteiger partial charge in [-0.2, -0.15) is 5.10 Å². The lowest BCUT2D eigenvalue weighted by atomic mass is 10.1. The van der Waals surface area contributed by atoms with Crippen molar-refractivity contribution in [2.24, 2.45) is 5.16 Å². The Balaban J connectivity index is 1.73. The monoisotopic (exact) mass is 256 g/mol. The number of hydrogen-bond donors (Lipinski definition) is 1. The highest BCUT2D eigenvalue weighted by Crippen LogP contribution is 2.06. The van der Waals surface area contributed by atoms with E-state index in [9.17, 15) is 0 Å². The molecule has 0 saturated carbocycles. The third kappa shape index (κ3) is 4.46. The molecule has 0 atom stereocenters. The summed E-state index contributed by atoms with van der Waals surface area (Å²) < 4.78 is 0. The summed E-state index contributed by atoms with van der Waals surface area (Å²) >= 11 is 0. The Kier molecular flexibility index (Phi) is 4.98. The Labute approximate surface area is 112 Å². The predicted octanol–water partition coefficient (Wildman–Crippen LogP) is 2.25. The summed E-state index contributed by atoms with van der Waals surface area (Å²) in [5, 5.41) is 19.3. The van der Waals surface area contributed by atoms with Gasteiger partial charge in [0.05, 0.1) is 11.9 Å². The molecule has 5 heteroatoms. The second-order valence-corrected chi connectivity index (χ2v) is 4.26. The zero-order valence-electron chi connectivity index (χ0n) is 10.6. The van der Waals surface area contributed by atoms with Gasteiger partial charge in [0.1, 0.15) is 5.69 Å². The molecule has 0 radical (unpaired) electrons. The Morgan fingerprint density at radius 1 is 1.11 bits per heavy atom. The minimum atomic E-state index is 0.557. The van der Waals surface area contributed by atoms with Crippen molar-refractivity contribution in [3.05, 3.63) is 53.6 Å². The number of aromatic nitrogens is 3. The molecule has 0 aliphatic heterocycles. The molecule has 5 nitrogen and oxygen atoms in total. The van der Waals surface area contributed by atoms with Crippen LogP contribution >= 0.6 is 0 Å². The standard InChI is InChI=1S/C14H16N4O/c19-16-11-14-8-7-13(17-18-14)6-2-1-4-12-5-3-9-15-10-12/h3,5,7-11,19H,1-2,4,6H2/b16-11+. The zero-order valence-corrected chi connectivity index (χ0v) is 10.6. The van der Waals surface area contributed by atoms with Crippen LogP contribution in [0, 0.1) is 0 Å². The molecule has 0 unspecified atom stereocenters. The summed E-state index contributed by atoms with van der Waals surface area (Å²) in [6, 6.07) is 7.76. The molecule has 2 aromatic heterocycles. The molecule has 0 aromatic carbocycles. The minimum Gasteiger partial charge on any atom is -0.411 e. The van der Waals surface area contributed by atoms with Crippen LogP contribution in [0.15, 0.2) is 41.8 Å². The first-order valence-electron chi connectivity index (χ1n) is 6.27. The molecule has 0 aliphatic carbocycles. The van der Waals surface area contributed by atoms with Crippen LogP contribution in [0.25, 0.3) is 0 Å². The SMILES string of the molecule is O/N=C/c1ccc(CCCCc2cccnc2)nn1. The number of aryl methyl sites for hydroxylation is 2. The maximum absolute atomic E-state index is 8.37. The van der Waals surface area contributed by atoms with Crippen molar-refractivity contribution >= 4 is 6.21 Å². The molecule has 0 saturated heterocycles. The van der Waals surface area contributed by atoms with Gasteiger partial charge in [-0.05, 0) is 49.4 Å². The van der Waals surface area contributed by atoms with E-state index < -0.39 is 0 Å². The largest absolute Gasteiger partial charge is 0.411 e. The normalized spacial score (nSPS) is 10.9. The summed E-state index contributed by atoms with van der Waals surface area (Å²) in [5.41, 5.74) is 2.78. The van der Waals surface area contributed by atoms with E-state index in [1.54, 1.807) is 12.3 Å². The van der Waals surface area contributed by atoms with E-state index in [0.717, 1.165) is 31.4 Å². The van der Waals surface area contributed by atoms with Gasteiger partial charge >= 0.3 is 0 Å². The van der Waals surface area contributed by atoms with Crippen LogP contribution in [0.1, 0.15) is 29.8 Å². The van der Waals surface area contributed by atoms with E-state index in [-0.39, 0.29) is 0 Å². The van der Waals surface area contributed by atoms with Crippen LogP contribution in [0.3, 0.4) is 0 Å². The smallest absolute Gasteiger partial charge is 0.107 e. The van der Waals surface area contributed by atoms with E-state index in [0.29, 0.717) is 5.69 Å². The van der Waals surface area contributed by atoms with Gasteiger partial charge in [-0.3, -0.25) is 4.98 Å². The fraction of sp³-hybridized carbons (Fsp3) is 0.286. The van der Waals surface area contributed by atoms with E-state index in [1.165, 1.54) is 11.8 Å². The fourth-order valence-electron chi connectivity index (χ4n) is 1.81. The van der Waals surface area contributed by atoms with Gasteiger partial charge in [0.2, 0.25) is 0 Å². The Morgan fingerprint density at radius 3 is 2.68 bits per heavy atom. The zero-order chi connectivity index (χ0) is 13.3. The van der Waals surface area contributed by atoms with Crippen molar-refractivity contribution < 1.29 is 5.21 Å². The van der Waals surface area contributed by atoms with E-state index >= 15 is 0 Å². The molecule has 0 amide bonds. The molecular weight excluding hydrogens is 240 g/mol. The highest BCUT2D eigenvalue weighted by Gasteiger charge is 1.98. The maximum Gasteiger partial charge on any atom is 0.107 e. The molecule has 98 valence electrons. The number of oxime groups is 1. The summed E-state index contributed by atoms with van der Waals surface area (Å²) in [6.45, 7) is 0. The molecular formula is C14H16N4O. The first-order valence-corrected chi connectivity index (χ1v) is 6.27.